The zero-order valence-corrected chi connectivity index (χ0v) is 10.5. The van der Waals surface area contributed by atoms with Gasteiger partial charge < -0.3 is 4.74 Å². The number of halogens is 5. The van der Waals surface area contributed by atoms with Crippen molar-refractivity contribution in [2.75, 3.05) is 13.7 Å². The third kappa shape index (κ3) is 4.14. The Labute approximate surface area is 108 Å². The Morgan fingerprint density at radius 2 is 2.00 bits per heavy atom. The molecule has 1 rings (SSSR count). The van der Waals surface area contributed by atoms with Gasteiger partial charge in [0.2, 0.25) is 0 Å². The highest BCUT2D eigenvalue weighted by Crippen LogP contribution is 2.35. The molecule has 0 N–H and O–H groups in total. The van der Waals surface area contributed by atoms with E-state index in [4.69, 9.17) is 16.3 Å². The highest BCUT2D eigenvalue weighted by Gasteiger charge is 2.34. The van der Waals surface area contributed by atoms with Gasteiger partial charge in [-0.15, -0.1) is 11.6 Å². The zero-order valence-electron chi connectivity index (χ0n) is 9.73. The summed E-state index contributed by atoms with van der Waals surface area (Å²) in [4.78, 5) is 0. The summed E-state index contributed by atoms with van der Waals surface area (Å²) in [5.74, 6) is -1.29. The monoisotopic (exact) mass is 284 g/mol. The molecule has 0 amide bonds. The second kappa shape index (κ2) is 6.38. The first-order valence-corrected chi connectivity index (χ1v) is 5.79. The van der Waals surface area contributed by atoms with Crippen LogP contribution in [0.5, 0.6) is 0 Å². The van der Waals surface area contributed by atoms with E-state index in [-0.39, 0.29) is 5.56 Å². The third-order valence-electron chi connectivity index (χ3n) is 2.46. The summed E-state index contributed by atoms with van der Waals surface area (Å²) in [6.07, 6.45) is -3.61. The minimum absolute atomic E-state index is 0.265. The predicted molar refractivity (Wildman–Crippen MR) is 61.1 cm³/mol. The molecule has 1 atom stereocenters. The van der Waals surface area contributed by atoms with Gasteiger partial charge in [0.25, 0.3) is 0 Å². The summed E-state index contributed by atoms with van der Waals surface area (Å²) in [5.41, 5.74) is -1.01. The lowest BCUT2D eigenvalue weighted by atomic mass is 10.0. The fourth-order valence-electron chi connectivity index (χ4n) is 1.53. The van der Waals surface area contributed by atoms with E-state index in [0.717, 1.165) is 12.1 Å². The van der Waals surface area contributed by atoms with E-state index in [1.807, 2.05) is 0 Å². The summed E-state index contributed by atoms with van der Waals surface area (Å²) in [6.45, 7) is 0.483. The first-order valence-electron chi connectivity index (χ1n) is 5.36. The van der Waals surface area contributed by atoms with Crippen molar-refractivity contribution in [3.8, 4) is 0 Å². The molecule has 0 aliphatic rings. The highest BCUT2D eigenvalue weighted by molar-refractivity contribution is 6.20. The summed E-state index contributed by atoms with van der Waals surface area (Å²) >= 11 is 5.97. The average Bonchev–Trinajstić information content (AvgIpc) is 2.28. The molecule has 0 aromatic heterocycles. The lowest BCUT2D eigenvalue weighted by Gasteiger charge is -2.13. The Bertz CT molecular complexity index is 392. The molecule has 1 unspecified atom stereocenters. The molecule has 0 aliphatic carbocycles. The van der Waals surface area contributed by atoms with Gasteiger partial charge in [-0.05, 0) is 30.5 Å². The first kappa shape index (κ1) is 15.2. The van der Waals surface area contributed by atoms with Gasteiger partial charge in [0.1, 0.15) is 5.82 Å². The van der Waals surface area contributed by atoms with Crippen LogP contribution in [0.3, 0.4) is 0 Å². The molecule has 18 heavy (non-hydrogen) atoms. The lowest BCUT2D eigenvalue weighted by molar-refractivity contribution is -0.140. The molecule has 1 aromatic rings. The number of benzene rings is 1. The standard InChI is InChI=1S/C12H13ClF4O/c1-18-6-2-3-10(13)8-4-5-11(14)9(7-8)12(15,16)17/h4-5,7,10H,2-3,6H2,1H3. The Morgan fingerprint density at radius 3 is 2.56 bits per heavy atom. The zero-order chi connectivity index (χ0) is 13.8. The molecule has 6 heteroatoms. The van der Waals surface area contributed by atoms with Crippen LogP contribution in [0.15, 0.2) is 18.2 Å². The van der Waals surface area contributed by atoms with Crippen molar-refractivity contribution in [2.45, 2.75) is 24.4 Å². The minimum Gasteiger partial charge on any atom is -0.385 e. The smallest absolute Gasteiger partial charge is 0.385 e. The topological polar surface area (TPSA) is 9.23 Å². The fraction of sp³-hybridized carbons (Fsp3) is 0.500. The number of ether oxygens (including phenoxy) is 1. The SMILES string of the molecule is COCCCC(Cl)c1ccc(F)c(C(F)(F)F)c1. The number of rotatable bonds is 5. The number of methoxy groups -OCH3 is 1. The van der Waals surface area contributed by atoms with Gasteiger partial charge in [-0.3, -0.25) is 0 Å². The van der Waals surface area contributed by atoms with Gasteiger partial charge in [0, 0.05) is 13.7 Å². The van der Waals surface area contributed by atoms with E-state index in [1.54, 1.807) is 0 Å². The van der Waals surface area contributed by atoms with Gasteiger partial charge in [-0.1, -0.05) is 6.07 Å². The van der Waals surface area contributed by atoms with E-state index >= 15 is 0 Å². The van der Waals surface area contributed by atoms with Crippen molar-refractivity contribution in [1.29, 1.82) is 0 Å². The molecule has 0 spiro atoms. The van der Waals surface area contributed by atoms with Crippen molar-refractivity contribution in [3.63, 3.8) is 0 Å². The quantitative estimate of drug-likeness (QED) is 0.438. The Morgan fingerprint density at radius 1 is 1.33 bits per heavy atom. The molecule has 0 heterocycles. The normalized spacial score (nSPS) is 13.7. The molecular formula is C12H13ClF4O. The maximum atomic E-state index is 13.1. The maximum absolute atomic E-state index is 13.1. The molecular weight excluding hydrogens is 272 g/mol. The van der Waals surface area contributed by atoms with Crippen molar-refractivity contribution >= 4 is 11.6 Å². The molecule has 0 fully saturated rings. The van der Waals surface area contributed by atoms with Crippen molar-refractivity contribution in [2.24, 2.45) is 0 Å². The van der Waals surface area contributed by atoms with E-state index in [9.17, 15) is 17.6 Å². The number of hydrogen-bond donors (Lipinski definition) is 0. The summed E-state index contributed by atoms with van der Waals surface area (Å²) in [7, 11) is 1.53. The van der Waals surface area contributed by atoms with Crippen molar-refractivity contribution in [1.82, 2.24) is 0 Å². The second-order valence-electron chi connectivity index (χ2n) is 3.84. The minimum atomic E-state index is -4.71. The Hall–Kier alpha value is -0.810. The number of hydrogen-bond acceptors (Lipinski definition) is 1. The van der Waals surface area contributed by atoms with E-state index in [1.165, 1.54) is 13.2 Å². The predicted octanol–water partition coefficient (Wildman–Crippen LogP) is 4.55. The maximum Gasteiger partial charge on any atom is 0.419 e. The van der Waals surface area contributed by atoms with E-state index in [0.29, 0.717) is 19.4 Å². The average molecular weight is 285 g/mol. The summed E-state index contributed by atoms with van der Waals surface area (Å²) in [6, 6.07) is 2.83. The molecule has 1 aromatic carbocycles. The molecule has 0 bridgehead atoms. The largest absolute Gasteiger partial charge is 0.419 e. The van der Waals surface area contributed by atoms with Gasteiger partial charge in [-0.25, -0.2) is 4.39 Å². The van der Waals surface area contributed by atoms with Crippen molar-refractivity contribution < 1.29 is 22.3 Å². The van der Waals surface area contributed by atoms with Crippen LogP contribution in [-0.2, 0) is 10.9 Å². The van der Waals surface area contributed by atoms with Crippen LogP contribution >= 0.6 is 11.6 Å². The highest BCUT2D eigenvalue weighted by atomic mass is 35.5. The number of alkyl halides is 4. The molecule has 0 radical (unpaired) electrons. The molecule has 0 saturated heterocycles. The van der Waals surface area contributed by atoms with Gasteiger partial charge >= 0.3 is 6.18 Å². The van der Waals surface area contributed by atoms with Gasteiger partial charge in [-0.2, -0.15) is 13.2 Å². The first-order chi connectivity index (χ1) is 8.36. The summed E-state index contributed by atoms with van der Waals surface area (Å²) < 4.78 is 55.4. The lowest BCUT2D eigenvalue weighted by Crippen LogP contribution is -2.09. The van der Waals surface area contributed by atoms with E-state index in [2.05, 4.69) is 0 Å². The molecule has 0 saturated carbocycles. The van der Waals surface area contributed by atoms with Gasteiger partial charge in [0.15, 0.2) is 0 Å². The molecule has 102 valence electrons. The Balaban J connectivity index is 2.84. The van der Waals surface area contributed by atoms with Crippen LogP contribution in [-0.4, -0.2) is 13.7 Å². The molecule has 1 nitrogen and oxygen atoms in total. The van der Waals surface area contributed by atoms with Crippen LogP contribution in [0.1, 0.15) is 29.3 Å². The Kier molecular flexibility index (Phi) is 5.41. The fourth-order valence-corrected chi connectivity index (χ4v) is 1.82. The van der Waals surface area contributed by atoms with Crippen LogP contribution in [0.25, 0.3) is 0 Å². The van der Waals surface area contributed by atoms with Crippen molar-refractivity contribution in [3.05, 3.63) is 35.1 Å². The van der Waals surface area contributed by atoms with E-state index < -0.39 is 22.9 Å². The van der Waals surface area contributed by atoms with Crippen LogP contribution in [0.4, 0.5) is 17.6 Å². The van der Waals surface area contributed by atoms with Crippen LogP contribution in [0, 0.1) is 5.82 Å². The van der Waals surface area contributed by atoms with Gasteiger partial charge in [0.05, 0.1) is 10.9 Å². The second-order valence-corrected chi connectivity index (χ2v) is 4.37. The van der Waals surface area contributed by atoms with Crippen LogP contribution < -0.4 is 0 Å². The molecule has 0 aliphatic heterocycles. The van der Waals surface area contributed by atoms with Crippen LogP contribution in [0.2, 0.25) is 0 Å². The summed E-state index contributed by atoms with van der Waals surface area (Å²) in [5, 5.41) is -0.582. The third-order valence-corrected chi connectivity index (χ3v) is 2.93.